The number of likely N-dealkylation sites (tertiary alicyclic amines) is 1. The fraction of sp³-hybridized carbons (Fsp3) is 0.364. The Bertz CT molecular complexity index is 671. The van der Waals surface area contributed by atoms with Gasteiger partial charge in [-0.15, -0.1) is 6.58 Å². The van der Waals surface area contributed by atoms with Gasteiger partial charge in [-0.05, 0) is 31.0 Å². The van der Waals surface area contributed by atoms with Crippen LogP contribution >= 0.6 is 0 Å². The predicted octanol–water partition coefficient (Wildman–Crippen LogP) is 4.18. The quantitative estimate of drug-likeness (QED) is 0.768. The molecule has 1 aliphatic rings. The van der Waals surface area contributed by atoms with Gasteiger partial charge in [0.2, 0.25) is 0 Å². The van der Waals surface area contributed by atoms with Crippen molar-refractivity contribution < 1.29 is 4.74 Å². The first kappa shape index (κ1) is 17.7. The molecule has 1 N–H and O–H groups in total. The van der Waals surface area contributed by atoms with Gasteiger partial charge in [0.15, 0.2) is 0 Å². The van der Waals surface area contributed by atoms with Crippen LogP contribution in [0.25, 0.3) is 0 Å². The third-order valence-electron chi connectivity index (χ3n) is 4.99. The molecule has 0 radical (unpaired) electrons. The number of piperidine rings is 1. The molecular formula is C22H28N2O. The van der Waals surface area contributed by atoms with Gasteiger partial charge in [-0.2, -0.15) is 0 Å². The largest absolute Gasteiger partial charge is 0.496 e. The fourth-order valence-electron chi connectivity index (χ4n) is 3.83. The van der Waals surface area contributed by atoms with Crippen LogP contribution in [0.1, 0.15) is 30.0 Å². The SMILES string of the molecule is C=CCN1CCC[C@H](NCc2ccccc2OC)[C@@H]1c1ccccc1. The molecule has 1 fully saturated rings. The first-order valence-electron chi connectivity index (χ1n) is 9.08. The van der Waals surface area contributed by atoms with Gasteiger partial charge >= 0.3 is 0 Å². The molecule has 3 rings (SSSR count). The topological polar surface area (TPSA) is 24.5 Å². The van der Waals surface area contributed by atoms with E-state index in [1.165, 1.54) is 24.0 Å². The van der Waals surface area contributed by atoms with Gasteiger partial charge in [0, 0.05) is 24.7 Å². The Balaban J connectivity index is 1.78. The minimum absolute atomic E-state index is 0.377. The Morgan fingerprint density at radius 3 is 2.68 bits per heavy atom. The lowest BCUT2D eigenvalue weighted by Gasteiger charge is -2.42. The van der Waals surface area contributed by atoms with Crippen molar-refractivity contribution in [2.75, 3.05) is 20.2 Å². The van der Waals surface area contributed by atoms with Crippen molar-refractivity contribution in [3.05, 3.63) is 78.4 Å². The zero-order chi connectivity index (χ0) is 17.5. The molecule has 1 saturated heterocycles. The summed E-state index contributed by atoms with van der Waals surface area (Å²) in [4.78, 5) is 2.53. The van der Waals surface area contributed by atoms with Gasteiger partial charge < -0.3 is 10.1 Å². The van der Waals surface area contributed by atoms with E-state index in [0.29, 0.717) is 12.1 Å². The van der Waals surface area contributed by atoms with E-state index in [-0.39, 0.29) is 0 Å². The van der Waals surface area contributed by atoms with Crippen molar-refractivity contribution in [3.63, 3.8) is 0 Å². The Kier molecular flexibility index (Phi) is 6.26. The number of nitrogens with one attached hydrogen (secondary N) is 1. The molecule has 0 saturated carbocycles. The van der Waals surface area contributed by atoms with Crippen molar-refractivity contribution in [1.29, 1.82) is 0 Å². The number of nitrogens with zero attached hydrogens (tertiary/aromatic N) is 1. The molecule has 0 spiro atoms. The smallest absolute Gasteiger partial charge is 0.123 e. The normalized spacial score (nSPS) is 21.0. The van der Waals surface area contributed by atoms with Crippen LogP contribution in [0, 0.1) is 0 Å². The predicted molar refractivity (Wildman–Crippen MR) is 104 cm³/mol. The monoisotopic (exact) mass is 336 g/mol. The first-order chi connectivity index (χ1) is 12.3. The van der Waals surface area contributed by atoms with E-state index in [4.69, 9.17) is 4.74 Å². The molecule has 0 aromatic heterocycles. The average Bonchev–Trinajstić information content (AvgIpc) is 2.67. The number of ether oxygens (including phenoxy) is 1. The lowest BCUT2D eigenvalue weighted by Crippen LogP contribution is -2.48. The summed E-state index contributed by atoms with van der Waals surface area (Å²) in [6.45, 7) is 6.81. The van der Waals surface area contributed by atoms with E-state index >= 15 is 0 Å². The van der Waals surface area contributed by atoms with Crippen molar-refractivity contribution in [1.82, 2.24) is 10.2 Å². The number of para-hydroxylation sites is 1. The Hall–Kier alpha value is -2.10. The fourth-order valence-corrected chi connectivity index (χ4v) is 3.83. The maximum Gasteiger partial charge on any atom is 0.123 e. The number of benzene rings is 2. The maximum absolute atomic E-state index is 5.49. The molecule has 0 aliphatic carbocycles. The van der Waals surface area contributed by atoms with E-state index in [1.807, 2.05) is 18.2 Å². The first-order valence-corrected chi connectivity index (χ1v) is 9.08. The van der Waals surface area contributed by atoms with Gasteiger partial charge in [-0.25, -0.2) is 0 Å². The molecule has 0 amide bonds. The van der Waals surface area contributed by atoms with Crippen molar-refractivity contribution in [2.45, 2.75) is 31.5 Å². The van der Waals surface area contributed by atoms with Crippen LogP contribution in [0.4, 0.5) is 0 Å². The van der Waals surface area contributed by atoms with Gasteiger partial charge in [0.05, 0.1) is 13.2 Å². The molecule has 0 unspecified atom stereocenters. The molecule has 1 heterocycles. The highest BCUT2D eigenvalue weighted by Crippen LogP contribution is 2.31. The summed E-state index contributed by atoms with van der Waals surface area (Å²) < 4.78 is 5.49. The van der Waals surface area contributed by atoms with E-state index in [2.05, 4.69) is 59.3 Å². The minimum Gasteiger partial charge on any atom is -0.496 e. The van der Waals surface area contributed by atoms with Crippen molar-refractivity contribution in [2.24, 2.45) is 0 Å². The second-order valence-corrected chi connectivity index (χ2v) is 6.58. The second kappa shape index (κ2) is 8.84. The minimum atomic E-state index is 0.377. The van der Waals surface area contributed by atoms with Crippen LogP contribution in [0.5, 0.6) is 5.75 Å². The van der Waals surface area contributed by atoms with Crippen molar-refractivity contribution in [3.8, 4) is 5.75 Å². The zero-order valence-corrected chi connectivity index (χ0v) is 15.0. The van der Waals surface area contributed by atoms with Crippen LogP contribution in [0.2, 0.25) is 0 Å². The van der Waals surface area contributed by atoms with Crippen LogP contribution < -0.4 is 10.1 Å². The van der Waals surface area contributed by atoms with Gasteiger partial charge in [-0.3, -0.25) is 4.90 Å². The second-order valence-electron chi connectivity index (χ2n) is 6.58. The lowest BCUT2D eigenvalue weighted by molar-refractivity contribution is 0.124. The van der Waals surface area contributed by atoms with Crippen LogP contribution in [-0.4, -0.2) is 31.1 Å². The standard InChI is InChI=1S/C22H28N2O/c1-3-15-24-16-9-13-20(22(24)18-10-5-4-6-11-18)23-17-19-12-7-8-14-21(19)25-2/h3-8,10-12,14,20,22-23H,1,9,13,15-17H2,2H3/t20-,22-/m0/s1. The molecule has 2 atom stereocenters. The third-order valence-corrected chi connectivity index (χ3v) is 4.99. The summed E-state index contributed by atoms with van der Waals surface area (Å²) >= 11 is 0. The zero-order valence-electron chi connectivity index (χ0n) is 15.0. The molecule has 25 heavy (non-hydrogen) atoms. The molecule has 2 aromatic rings. The maximum atomic E-state index is 5.49. The highest BCUT2D eigenvalue weighted by molar-refractivity contribution is 5.33. The number of rotatable bonds is 7. The molecule has 132 valence electrons. The van der Waals surface area contributed by atoms with Gasteiger partial charge in [0.25, 0.3) is 0 Å². The molecule has 3 heteroatoms. The molecule has 0 bridgehead atoms. The molecule has 3 nitrogen and oxygen atoms in total. The van der Waals surface area contributed by atoms with E-state index in [0.717, 1.165) is 25.4 Å². The Morgan fingerprint density at radius 1 is 1.16 bits per heavy atom. The Labute approximate surface area is 151 Å². The van der Waals surface area contributed by atoms with E-state index < -0.39 is 0 Å². The summed E-state index contributed by atoms with van der Waals surface area (Å²) in [5, 5.41) is 3.79. The summed E-state index contributed by atoms with van der Waals surface area (Å²) in [5.41, 5.74) is 2.58. The number of methoxy groups -OCH3 is 1. The van der Waals surface area contributed by atoms with Crippen molar-refractivity contribution >= 4 is 0 Å². The lowest BCUT2D eigenvalue weighted by atomic mass is 9.90. The number of hydrogen-bond donors (Lipinski definition) is 1. The van der Waals surface area contributed by atoms with Crippen LogP contribution in [0.15, 0.2) is 67.3 Å². The summed E-state index contributed by atoms with van der Waals surface area (Å²) in [6, 6.07) is 19.9. The summed E-state index contributed by atoms with van der Waals surface area (Å²) in [6.07, 6.45) is 4.40. The highest BCUT2D eigenvalue weighted by Gasteiger charge is 2.31. The summed E-state index contributed by atoms with van der Waals surface area (Å²) in [7, 11) is 1.73. The van der Waals surface area contributed by atoms with Gasteiger partial charge in [0.1, 0.15) is 5.75 Å². The van der Waals surface area contributed by atoms with E-state index in [9.17, 15) is 0 Å². The van der Waals surface area contributed by atoms with Crippen LogP contribution in [0.3, 0.4) is 0 Å². The Morgan fingerprint density at radius 2 is 1.92 bits per heavy atom. The van der Waals surface area contributed by atoms with Gasteiger partial charge in [-0.1, -0.05) is 54.6 Å². The molecule has 1 aliphatic heterocycles. The average molecular weight is 336 g/mol. The number of hydrogen-bond acceptors (Lipinski definition) is 3. The molecular weight excluding hydrogens is 308 g/mol. The van der Waals surface area contributed by atoms with E-state index in [1.54, 1.807) is 7.11 Å². The highest BCUT2D eigenvalue weighted by atomic mass is 16.5. The summed E-state index contributed by atoms with van der Waals surface area (Å²) in [5.74, 6) is 0.949. The molecule has 2 aromatic carbocycles. The third kappa shape index (κ3) is 4.30. The van der Waals surface area contributed by atoms with Crippen LogP contribution in [-0.2, 0) is 6.54 Å².